The Bertz CT molecular complexity index is 423. The fourth-order valence-electron chi connectivity index (χ4n) is 1.49. The van der Waals surface area contributed by atoms with Crippen LogP contribution in [0.3, 0.4) is 0 Å². The number of hydrogen-bond acceptors (Lipinski definition) is 3. The molecule has 1 nitrogen and oxygen atoms in total. The van der Waals surface area contributed by atoms with Crippen molar-refractivity contribution in [2.75, 3.05) is 7.05 Å². The van der Waals surface area contributed by atoms with Gasteiger partial charge in [0.05, 0.1) is 0 Å². The molecule has 0 radical (unpaired) electrons. The van der Waals surface area contributed by atoms with Gasteiger partial charge in [-0.2, -0.15) is 11.3 Å². The highest BCUT2D eigenvalue weighted by atomic mass is 32.2. The van der Waals surface area contributed by atoms with Gasteiger partial charge in [0, 0.05) is 17.2 Å². The van der Waals surface area contributed by atoms with Gasteiger partial charge in [-0.25, -0.2) is 0 Å². The van der Waals surface area contributed by atoms with Crippen LogP contribution in [0.4, 0.5) is 0 Å². The highest BCUT2D eigenvalue weighted by Gasteiger charge is 1.98. The molecule has 84 valence electrons. The van der Waals surface area contributed by atoms with E-state index in [0.717, 1.165) is 12.3 Å². The molecule has 0 unspecified atom stereocenters. The molecule has 2 rings (SSSR count). The maximum absolute atomic E-state index is 3.17. The second-order valence-corrected chi connectivity index (χ2v) is 5.43. The second-order valence-electron chi connectivity index (χ2n) is 3.60. The number of thiophene rings is 1. The molecule has 0 aliphatic rings. The largest absolute Gasteiger partial charge is 0.316 e. The van der Waals surface area contributed by atoms with E-state index in [2.05, 4.69) is 46.4 Å². The molecule has 0 saturated heterocycles. The van der Waals surface area contributed by atoms with Crippen LogP contribution in [0, 0.1) is 0 Å². The topological polar surface area (TPSA) is 12.0 Å². The Labute approximate surface area is 105 Å². The average Bonchev–Trinajstić information content (AvgIpc) is 2.80. The summed E-state index contributed by atoms with van der Waals surface area (Å²) in [6.07, 6.45) is 0. The zero-order chi connectivity index (χ0) is 11.2. The summed E-state index contributed by atoms with van der Waals surface area (Å²) in [7, 11) is 1.98. The zero-order valence-electron chi connectivity index (χ0n) is 9.27. The van der Waals surface area contributed by atoms with E-state index >= 15 is 0 Å². The van der Waals surface area contributed by atoms with Gasteiger partial charge < -0.3 is 5.32 Å². The third-order valence-electron chi connectivity index (χ3n) is 2.26. The van der Waals surface area contributed by atoms with E-state index in [0.29, 0.717) is 0 Å². The molecule has 0 aliphatic heterocycles. The molecule has 0 amide bonds. The first kappa shape index (κ1) is 11.7. The molecule has 0 atom stereocenters. The van der Waals surface area contributed by atoms with Crippen molar-refractivity contribution in [1.29, 1.82) is 0 Å². The SMILES string of the molecule is CNCc1cccc(SCc2ccsc2)c1. The quantitative estimate of drug-likeness (QED) is 0.810. The van der Waals surface area contributed by atoms with Crippen molar-refractivity contribution in [3.05, 3.63) is 52.2 Å². The lowest BCUT2D eigenvalue weighted by atomic mass is 10.2. The summed E-state index contributed by atoms with van der Waals surface area (Å²) in [4.78, 5) is 1.35. The molecule has 1 N–H and O–H groups in total. The maximum atomic E-state index is 3.17. The lowest BCUT2D eigenvalue weighted by Crippen LogP contribution is -2.04. The molecule has 2 aromatic rings. The molecule has 1 aromatic carbocycles. The third kappa shape index (κ3) is 3.37. The zero-order valence-corrected chi connectivity index (χ0v) is 10.9. The van der Waals surface area contributed by atoms with Crippen molar-refractivity contribution in [1.82, 2.24) is 5.32 Å². The van der Waals surface area contributed by atoms with Gasteiger partial charge in [0.2, 0.25) is 0 Å². The molecular weight excluding hydrogens is 234 g/mol. The van der Waals surface area contributed by atoms with E-state index in [1.807, 2.05) is 18.8 Å². The first-order valence-corrected chi connectivity index (χ1v) is 7.19. The smallest absolute Gasteiger partial charge is 0.0240 e. The Hall–Kier alpha value is -0.770. The predicted octanol–water partition coefficient (Wildman–Crippen LogP) is 3.76. The molecule has 0 fully saturated rings. The average molecular weight is 249 g/mol. The number of benzene rings is 1. The molecule has 3 heteroatoms. The molecule has 0 bridgehead atoms. The summed E-state index contributed by atoms with van der Waals surface area (Å²) in [5, 5.41) is 7.52. The van der Waals surface area contributed by atoms with Crippen molar-refractivity contribution < 1.29 is 0 Å². The van der Waals surface area contributed by atoms with E-state index in [-0.39, 0.29) is 0 Å². The lowest BCUT2D eigenvalue weighted by Gasteiger charge is -2.04. The highest BCUT2D eigenvalue weighted by Crippen LogP contribution is 2.24. The third-order valence-corrected chi connectivity index (χ3v) is 4.06. The van der Waals surface area contributed by atoms with Crippen LogP contribution in [0.5, 0.6) is 0 Å². The number of hydrogen-bond donors (Lipinski definition) is 1. The van der Waals surface area contributed by atoms with Gasteiger partial charge in [-0.05, 0) is 47.1 Å². The summed E-state index contributed by atoms with van der Waals surface area (Å²) in [6, 6.07) is 10.9. The summed E-state index contributed by atoms with van der Waals surface area (Å²) < 4.78 is 0. The minimum atomic E-state index is 0.937. The molecule has 1 aromatic heterocycles. The van der Waals surface area contributed by atoms with E-state index in [1.54, 1.807) is 11.3 Å². The molecule has 0 aliphatic carbocycles. The van der Waals surface area contributed by atoms with Gasteiger partial charge in [0.25, 0.3) is 0 Å². The van der Waals surface area contributed by atoms with Crippen LogP contribution < -0.4 is 5.32 Å². The second kappa shape index (κ2) is 6.09. The van der Waals surface area contributed by atoms with E-state index in [4.69, 9.17) is 0 Å². The molecule has 16 heavy (non-hydrogen) atoms. The highest BCUT2D eigenvalue weighted by molar-refractivity contribution is 7.98. The monoisotopic (exact) mass is 249 g/mol. The fourth-order valence-corrected chi connectivity index (χ4v) is 3.19. The molecule has 0 spiro atoms. The van der Waals surface area contributed by atoms with Gasteiger partial charge >= 0.3 is 0 Å². The van der Waals surface area contributed by atoms with Crippen LogP contribution >= 0.6 is 23.1 Å². The minimum absolute atomic E-state index is 0.937. The van der Waals surface area contributed by atoms with Gasteiger partial charge in [-0.15, -0.1) is 11.8 Å². The molecule has 0 saturated carbocycles. The van der Waals surface area contributed by atoms with Crippen molar-refractivity contribution in [3.63, 3.8) is 0 Å². The van der Waals surface area contributed by atoms with Crippen LogP contribution in [-0.4, -0.2) is 7.05 Å². The van der Waals surface area contributed by atoms with Gasteiger partial charge in [-0.1, -0.05) is 12.1 Å². The molecular formula is C13H15NS2. The summed E-state index contributed by atoms with van der Waals surface area (Å²) in [6.45, 7) is 0.937. The van der Waals surface area contributed by atoms with Crippen molar-refractivity contribution >= 4 is 23.1 Å². The number of nitrogens with one attached hydrogen (secondary N) is 1. The van der Waals surface area contributed by atoms with Crippen LogP contribution in [0.1, 0.15) is 11.1 Å². The standard InChI is InChI=1S/C13H15NS2/c1-14-8-11-3-2-4-13(7-11)16-10-12-5-6-15-9-12/h2-7,9,14H,8,10H2,1H3. The number of thioether (sulfide) groups is 1. The Morgan fingerprint density at radius 2 is 2.19 bits per heavy atom. The van der Waals surface area contributed by atoms with Crippen LogP contribution in [0.2, 0.25) is 0 Å². The first-order valence-electron chi connectivity index (χ1n) is 5.26. The summed E-state index contributed by atoms with van der Waals surface area (Å²) >= 11 is 3.66. The van der Waals surface area contributed by atoms with Crippen LogP contribution in [0.25, 0.3) is 0 Å². The Balaban J connectivity index is 1.96. The maximum Gasteiger partial charge on any atom is 0.0240 e. The van der Waals surface area contributed by atoms with E-state index in [9.17, 15) is 0 Å². The molecule has 1 heterocycles. The minimum Gasteiger partial charge on any atom is -0.316 e. The first-order chi connectivity index (χ1) is 7.88. The van der Waals surface area contributed by atoms with Crippen LogP contribution in [0.15, 0.2) is 46.0 Å². The van der Waals surface area contributed by atoms with Gasteiger partial charge in [-0.3, -0.25) is 0 Å². The van der Waals surface area contributed by atoms with E-state index in [1.165, 1.54) is 16.0 Å². The van der Waals surface area contributed by atoms with Gasteiger partial charge in [0.15, 0.2) is 0 Å². The normalized spacial score (nSPS) is 10.6. The van der Waals surface area contributed by atoms with Crippen molar-refractivity contribution in [3.8, 4) is 0 Å². The fraction of sp³-hybridized carbons (Fsp3) is 0.231. The van der Waals surface area contributed by atoms with Crippen LogP contribution in [-0.2, 0) is 12.3 Å². The summed E-state index contributed by atoms with van der Waals surface area (Å²) in [5.41, 5.74) is 2.76. The Morgan fingerprint density at radius 1 is 1.25 bits per heavy atom. The predicted molar refractivity (Wildman–Crippen MR) is 73.1 cm³/mol. The Kier molecular flexibility index (Phi) is 4.45. The van der Waals surface area contributed by atoms with Crippen molar-refractivity contribution in [2.24, 2.45) is 0 Å². The van der Waals surface area contributed by atoms with Crippen molar-refractivity contribution in [2.45, 2.75) is 17.2 Å². The Morgan fingerprint density at radius 3 is 2.94 bits per heavy atom. The van der Waals surface area contributed by atoms with Gasteiger partial charge in [0.1, 0.15) is 0 Å². The summed E-state index contributed by atoms with van der Waals surface area (Å²) in [5.74, 6) is 1.06. The number of rotatable bonds is 5. The van der Waals surface area contributed by atoms with E-state index < -0.39 is 0 Å². The lowest BCUT2D eigenvalue weighted by molar-refractivity contribution is 0.815.